The zero-order valence-electron chi connectivity index (χ0n) is 15.7. The Kier molecular flexibility index (Phi) is 4.36. The predicted octanol–water partition coefficient (Wildman–Crippen LogP) is 2.34. The summed E-state index contributed by atoms with van der Waals surface area (Å²) in [4.78, 5) is 22.0. The van der Waals surface area contributed by atoms with Crippen molar-refractivity contribution in [3.05, 3.63) is 46.5 Å². The third kappa shape index (κ3) is 2.91. The SMILES string of the molecule is COCCn1c(=O)c2c(-c3nc(C4CCCO4)no3)ncn2c2ccc(F)cc21. The van der Waals surface area contributed by atoms with Crippen LogP contribution in [-0.2, 0) is 16.0 Å². The quantitative estimate of drug-likeness (QED) is 0.508. The summed E-state index contributed by atoms with van der Waals surface area (Å²) in [6.45, 7) is 1.23. The van der Waals surface area contributed by atoms with Gasteiger partial charge in [-0.3, -0.25) is 9.20 Å². The van der Waals surface area contributed by atoms with Crippen molar-refractivity contribution in [1.29, 1.82) is 0 Å². The molecule has 10 heteroatoms. The van der Waals surface area contributed by atoms with E-state index >= 15 is 0 Å². The largest absolute Gasteiger partial charge is 0.383 e. The Bertz CT molecular complexity index is 1250. The van der Waals surface area contributed by atoms with Gasteiger partial charge >= 0.3 is 0 Å². The normalized spacial score (nSPS) is 17.0. The van der Waals surface area contributed by atoms with E-state index in [1.165, 1.54) is 23.0 Å². The van der Waals surface area contributed by atoms with Crippen LogP contribution in [0.1, 0.15) is 24.8 Å². The van der Waals surface area contributed by atoms with E-state index in [-0.39, 0.29) is 35.3 Å². The second-order valence-electron chi connectivity index (χ2n) is 6.85. The topological polar surface area (TPSA) is 96.7 Å². The number of hydrogen-bond acceptors (Lipinski definition) is 7. The van der Waals surface area contributed by atoms with Crippen LogP contribution in [0.25, 0.3) is 28.1 Å². The van der Waals surface area contributed by atoms with Crippen LogP contribution in [0.2, 0.25) is 0 Å². The molecule has 9 nitrogen and oxygen atoms in total. The number of hydrogen-bond donors (Lipinski definition) is 0. The Labute approximate surface area is 163 Å². The fourth-order valence-corrected chi connectivity index (χ4v) is 3.69. The maximum atomic E-state index is 13.9. The Morgan fingerprint density at radius 3 is 3.03 bits per heavy atom. The van der Waals surface area contributed by atoms with Crippen LogP contribution in [0.5, 0.6) is 0 Å². The number of rotatable bonds is 5. The highest BCUT2D eigenvalue weighted by Crippen LogP contribution is 2.29. The minimum atomic E-state index is -0.430. The van der Waals surface area contributed by atoms with Crippen LogP contribution in [0.3, 0.4) is 0 Å². The molecule has 1 aliphatic rings. The van der Waals surface area contributed by atoms with Gasteiger partial charge in [-0.05, 0) is 31.0 Å². The molecule has 0 spiro atoms. The maximum Gasteiger partial charge on any atom is 0.279 e. The molecule has 150 valence electrons. The molecule has 1 fully saturated rings. The van der Waals surface area contributed by atoms with Gasteiger partial charge in [0.25, 0.3) is 11.4 Å². The summed E-state index contributed by atoms with van der Waals surface area (Å²) >= 11 is 0. The van der Waals surface area contributed by atoms with Gasteiger partial charge in [-0.25, -0.2) is 9.37 Å². The van der Waals surface area contributed by atoms with Gasteiger partial charge in [0.05, 0.1) is 17.6 Å². The predicted molar refractivity (Wildman–Crippen MR) is 100 cm³/mol. The van der Waals surface area contributed by atoms with E-state index in [0.717, 1.165) is 12.8 Å². The minimum absolute atomic E-state index is 0.148. The molecule has 0 amide bonds. The van der Waals surface area contributed by atoms with Crippen molar-refractivity contribution >= 4 is 16.6 Å². The number of ether oxygens (including phenoxy) is 2. The molecule has 0 saturated carbocycles. The van der Waals surface area contributed by atoms with E-state index in [1.54, 1.807) is 17.6 Å². The standard InChI is InChI=1S/C19H18FN5O4/c1-27-8-6-24-13-9-11(20)4-5-12(13)25-10-21-15(16(25)19(24)26)18-22-17(23-29-18)14-3-2-7-28-14/h4-5,9-10,14H,2-3,6-8H2,1H3. The lowest BCUT2D eigenvalue weighted by Crippen LogP contribution is -2.25. The Hall–Kier alpha value is -3.11. The monoisotopic (exact) mass is 399 g/mol. The van der Waals surface area contributed by atoms with Crippen molar-refractivity contribution < 1.29 is 18.4 Å². The number of fused-ring (bicyclic) bond motifs is 3. The van der Waals surface area contributed by atoms with E-state index in [0.29, 0.717) is 30.1 Å². The molecule has 1 saturated heterocycles. The van der Waals surface area contributed by atoms with Gasteiger partial charge in [0, 0.05) is 20.3 Å². The summed E-state index contributed by atoms with van der Waals surface area (Å²) in [5.41, 5.74) is 1.31. The molecule has 0 radical (unpaired) electrons. The fourth-order valence-electron chi connectivity index (χ4n) is 3.69. The summed E-state index contributed by atoms with van der Waals surface area (Å²) in [7, 11) is 1.54. The van der Waals surface area contributed by atoms with Gasteiger partial charge in [0.15, 0.2) is 5.69 Å². The van der Waals surface area contributed by atoms with Gasteiger partial charge in [-0.1, -0.05) is 5.16 Å². The Balaban J connectivity index is 1.72. The molecule has 5 rings (SSSR count). The molecule has 1 atom stereocenters. The third-order valence-corrected chi connectivity index (χ3v) is 5.08. The summed E-state index contributed by atoms with van der Waals surface area (Å²) in [5.74, 6) is 0.164. The van der Waals surface area contributed by atoms with Crippen LogP contribution < -0.4 is 5.56 Å². The van der Waals surface area contributed by atoms with Gasteiger partial charge in [0.2, 0.25) is 5.82 Å². The molecule has 1 unspecified atom stereocenters. The van der Waals surface area contributed by atoms with Crippen LogP contribution in [0.4, 0.5) is 4.39 Å². The average Bonchev–Trinajstić information content (AvgIpc) is 3.46. The van der Waals surface area contributed by atoms with Crippen molar-refractivity contribution in [2.45, 2.75) is 25.5 Å². The highest BCUT2D eigenvalue weighted by atomic mass is 19.1. The Morgan fingerprint density at radius 1 is 1.34 bits per heavy atom. The molecular weight excluding hydrogens is 381 g/mol. The van der Waals surface area contributed by atoms with Crippen molar-refractivity contribution in [3.8, 4) is 11.6 Å². The fraction of sp³-hybridized carbons (Fsp3) is 0.368. The lowest BCUT2D eigenvalue weighted by molar-refractivity contribution is 0.103. The van der Waals surface area contributed by atoms with Crippen molar-refractivity contribution in [3.63, 3.8) is 0 Å². The lowest BCUT2D eigenvalue weighted by Gasteiger charge is -2.12. The molecule has 1 aromatic carbocycles. The van der Waals surface area contributed by atoms with E-state index < -0.39 is 5.82 Å². The van der Waals surface area contributed by atoms with E-state index in [4.69, 9.17) is 14.0 Å². The number of aromatic nitrogens is 5. The maximum absolute atomic E-state index is 13.9. The van der Waals surface area contributed by atoms with Crippen molar-refractivity contribution in [1.82, 2.24) is 24.1 Å². The molecule has 4 aromatic rings. The van der Waals surface area contributed by atoms with Crippen LogP contribution in [-0.4, -0.2) is 44.4 Å². The van der Waals surface area contributed by atoms with Crippen LogP contribution >= 0.6 is 0 Å². The van der Waals surface area contributed by atoms with Gasteiger partial charge in [0.1, 0.15) is 23.8 Å². The highest BCUT2D eigenvalue weighted by Gasteiger charge is 2.26. The van der Waals surface area contributed by atoms with Crippen LogP contribution in [0.15, 0.2) is 33.8 Å². The molecule has 1 aliphatic heterocycles. The number of methoxy groups -OCH3 is 1. The third-order valence-electron chi connectivity index (χ3n) is 5.08. The second-order valence-corrected chi connectivity index (χ2v) is 6.85. The Morgan fingerprint density at radius 2 is 2.24 bits per heavy atom. The van der Waals surface area contributed by atoms with E-state index in [9.17, 15) is 9.18 Å². The molecule has 0 bridgehead atoms. The zero-order valence-corrected chi connectivity index (χ0v) is 15.7. The van der Waals surface area contributed by atoms with Gasteiger partial charge in [-0.2, -0.15) is 4.98 Å². The number of imidazole rings is 1. The average molecular weight is 399 g/mol. The first kappa shape index (κ1) is 18.0. The van der Waals surface area contributed by atoms with Gasteiger partial charge < -0.3 is 18.6 Å². The smallest absolute Gasteiger partial charge is 0.279 e. The second kappa shape index (κ2) is 7.05. The molecule has 3 aromatic heterocycles. The molecular formula is C19H18FN5O4. The molecule has 29 heavy (non-hydrogen) atoms. The van der Waals surface area contributed by atoms with Crippen molar-refractivity contribution in [2.75, 3.05) is 20.3 Å². The van der Waals surface area contributed by atoms with E-state index in [2.05, 4.69) is 15.1 Å². The molecule has 0 aliphatic carbocycles. The first-order valence-electron chi connectivity index (χ1n) is 9.31. The van der Waals surface area contributed by atoms with Crippen molar-refractivity contribution in [2.24, 2.45) is 0 Å². The summed E-state index contributed by atoms with van der Waals surface area (Å²) in [6, 6.07) is 4.28. The van der Waals surface area contributed by atoms with E-state index in [1.807, 2.05) is 0 Å². The number of halogens is 1. The molecule has 0 N–H and O–H groups in total. The summed E-state index contributed by atoms with van der Waals surface area (Å²) in [5, 5.41) is 4.00. The summed E-state index contributed by atoms with van der Waals surface area (Å²) in [6.07, 6.45) is 3.06. The highest BCUT2D eigenvalue weighted by molar-refractivity contribution is 5.83. The van der Waals surface area contributed by atoms with Crippen LogP contribution in [0, 0.1) is 5.82 Å². The zero-order chi connectivity index (χ0) is 20.0. The first-order chi connectivity index (χ1) is 14.2. The lowest BCUT2D eigenvalue weighted by atomic mass is 10.2. The number of benzene rings is 1. The molecule has 4 heterocycles. The van der Waals surface area contributed by atoms with Gasteiger partial charge in [-0.15, -0.1) is 0 Å². The first-order valence-corrected chi connectivity index (χ1v) is 9.31. The minimum Gasteiger partial charge on any atom is -0.383 e. The summed E-state index contributed by atoms with van der Waals surface area (Å²) < 4.78 is 33.1. The number of nitrogens with zero attached hydrogens (tertiary/aromatic N) is 5.